The summed E-state index contributed by atoms with van der Waals surface area (Å²) in [6, 6.07) is 73.0. The Labute approximate surface area is 343 Å². The van der Waals surface area contributed by atoms with E-state index in [0.717, 1.165) is 44.4 Å². The third-order valence-electron chi connectivity index (χ3n) is 12.9. The van der Waals surface area contributed by atoms with Crippen molar-refractivity contribution in [2.75, 3.05) is 4.90 Å². The van der Waals surface area contributed by atoms with E-state index in [4.69, 9.17) is 4.42 Å². The lowest BCUT2D eigenvalue weighted by Crippen LogP contribution is -2.14. The molecule has 10 aromatic carbocycles. The molecule has 0 atom stereocenters. The highest BCUT2D eigenvalue weighted by molar-refractivity contribution is 6.18. The van der Waals surface area contributed by atoms with Crippen LogP contribution in [0.1, 0.15) is 25.0 Å². The first-order valence-corrected chi connectivity index (χ1v) is 20.5. The van der Waals surface area contributed by atoms with Gasteiger partial charge in [-0.05, 0) is 114 Å². The van der Waals surface area contributed by atoms with E-state index in [1.807, 2.05) is 0 Å². The number of hydrogen-bond donors (Lipinski definition) is 0. The summed E-state index contributed by atoms with van der Waals surface area (Å²) in [5.41, 5.74) is 15.2. The molecular weight excluding hydrogens is 715 g/mol. The van der Waals surface area contributed by atoms with Crippen molar-refractivity contribution in [3.8, 4) is 33.4 Å². The zero-order chi connectivity index (χ0) is 39.2. The summed E-state index contributed by atoms with van der Waals surface area (Å²) in [4.78, 5) is 2.35. The topological polar surface area (TPSA) is 16.4 Å². The van der Waals surface area contributed by atoms with E-state index >= 15 is 0 Å². The molecule has 11 aromatic rings. The zero-order valence-electron chi connectivity index (χ0n) is 32.9. The fraction of sp³-hybridized carbons (Fsp3) is 0.0526. The molecule has 0 radical (unpaired) electrons. The van der Waals surface area contributed by atoms with Crippen LogP contribution in [0.4, 0.5) is 17.1 Å². The van der Waals surface area contributed by atoms with E-state index in [0.29, 0.717) is 0 Å². The number of para-hydroxylation sites is 1. The maximum atomic E-state index is 6.96. The van der Waals surface area contributed by atoms with Crippen LogP contribution in [-0.2, 0) is 5.41 Å². The highest BCUT2D eigenvalue weighted by Gasteiger charge is 2.36. The minimum atomic E-state index is -0.0550. The zero-order valence-corrected chi connectivity index (χ0v) is 32.9. The maximum Gasteiger partial charge on any atom is 0.159 e. The summed E-state index contributed by atoms with van der Waals surface area (Å²) in [6.07, 6.45) is 0. The number of fused-ring (bicyclic) bond motifs is 11. The predicted octanol–water partition coefficient (Wildman–Crippen LogP) is 16.2. The molecule has 0 bridgehead atoms. The second kappa shape index (κ2) is 12.8. The number of hydrogen-bond acceptors (Lipinski definition) is 2. The Morgan fingerprint density at radius 1 is 0.373 bits per heavy atom. The van der Waals surface area contributed by atoms with Gasteiger partial charge in [-0.3, -0.25) is 0 Å². The van der Waals surface area contributed by atoms with Crippen LogP contribution in [0.25, 0.3) is 87.6 Å². The molecule has 2 nitrogen and oxygen atoms in total. The minimum Gasteiger partial charge on any atom is -0.453 e. The molecule has 0 aliphatic heterocycles. The third kappa shape index (κ3) is 5.06. The molecule has 0 unspecified atom stereocenters. The standard InChI is InChI=1S/C57H39NO/c1-57(2)51-22-10-9-19-49(51)54-43(20-11-23-52(54)57)37-25-30-40(31-26-37)58(53-24-12-21-47-48-34-29-36-13-3-6-16-44(36)55(48)59-56(47)53)41-32-27-38(28-33-41)50-35-39-14-4-5-15-42(39)45-17-7-8-18-46(45)50/h3-35H,1-2H3. The molecule has 0 saturated carbocycles. The van der Waals surface area contributed by atoms with Gasteiger partial charge < -0.3 is 9.32 Å². The van der Waals surface area contributed by atoms with Crippen molar-refractivity contribution >= 4 is 71.3 Å². The number of furan rings is 1. The van der Waals surface area contributed by atoms with Crippen LogP contribution in [0.5, 0.6) is 0 Å². The smallest absolute Gasteiger partial charge is 0.159 e. The van der Waals surface area contributed by atoms with E-state index < -0.39 is 0 Å². The van der Waals surface area contributed by atoms with Gasteiger partial charge in [0.25, 0.3) is 0 Å². The van der Waals surface area contributed by atoms with Gasteiger partial charge in [0, 0.05) is 32.9 Å². The highest BCUT2D eigenvalue weighted by Crippen LogP contribution is 2.52. The predicted molar refractivity (Wildman–Crippen MR) is 249 cm³/mol. The molecule has 278 valence electrons. The summed E-state index contributed by atoms with van der Waals surface area (Å²) in [6.45, 7) is 4.69. The molecule has 1 aliphatic carbocycles. The Balaban J connectivity index is 1.03. The second-order valence-corrected chi connectivity index (χ2v) is 16.4. The van der Waals surface area contributed by atoms with Crippen molar-refractivity contribution in [1.82, 2.24) is 0 Å². The van der Waals surface area contributed by atoms with Gasteiger partial charge in [-0.25, -0.2) is 0 Å². The normalized spacial score (nSPS) is 13.1. The summed E-state index contributed by atoms with van der Waals surface area (Å²) in [5, 5.41) is 9.56. The lowest BCUT2D eigenvalue weighted by molar-refractivity contribution is 0.660. The first-order chi connectivity index (χ1) is 29.0. The van der Waals surface area contributed by atoms with Gasteiger partial charge in [0.2, 0.25) is 0 Å². The van der Waals surface area contributed by atoms with E-state index in [2.05, 4.69) is 219 Å². The SMILES string of the molecule is CC1(C)c2ccccc2-c2c(-c3ccc(N(c4ccc(-c5cc6ccccc6c6ccccc56)cc4)c4cccc5c4oc4c6ccccc6ccc54)cc3)cccc21. The van der Waals surface area contributed by atoms with Gasteiger partial charge in [-0.1, -0.05) is 172 Å². The minimum absolute atomic E-state index is 0.0550. The monoisotopic (exact) mass is 753 g/mol. The number of rotatable bonds is 5. The van der Waals surface area contributed by atoms with Crippen molar-refractivity contribution in [3.05, 3.63) is 211 Å². The van der Waals surface area contributed by atoms with Crippen molar-refractivity contribution in [1.29, 1.82) is 0 Å². The van der Waals surface area contributed by atoms with Crippen LogP contribution in [-0.4, -0.2) is 0 Å². The first kappa shape index (κ1) is 33.7. The van der Waals surface area contributed by atoms with Gasteiger partial charge in [0.1, 0.15) is 5.58 Å². The largest absolute Gasteiger partial charge is 0.453 e. The Hall–Kier alpha value is -7.42. The quantitative estimate of drug-likeness (QED) is 0.163. The molecule has 0 N–H and O–H groups in total. The van der Waals surface area contributed by atoms with E-state index in [1.54, 1.807) is 0 Å². The third-order valence-corrected chi connectivity index (χ3v) is 12.9. The molecule has 0 spiro atoms. The van der Waals surface area contributed by atoms with Gasteiger partial charge in [-0.2, -0.15) is 0 Å². The molecule has 59 heavy (non-hydrogen) atoms. The Morgan fingerprint density at radius 3 is 1.71 bits per heavy atom. The molecule has 2 heteroatoms. The van der Waals surface area contributed by atoms with E-state index in [-0.39, 0.29) is 5.41 Å². The first-order valence-electron chi connectivity index (χ1n) is 20.5. The summed E-state index contributed by atoms with van der Waals surface area (Å²) < 4.78 is 6.96. The summed E-state index contributed by atoms with van der Waals surface area (Å²) in [7, 11) is 0. The van der Waals surface area contributed by atoms with Crippen molar-refractivity contribution < 1.29 is 4.42 Å². The molecule has 0 fully saturated rings. The van der Waals surface area contributed by atoms with Crippen LogP contribution < -0.4 is 4.90 Å². The van der Waals surface area contributed by atoms with Crippen LogP contribution in [0.15, 0.2) is 205 Å². The van der Waals surface area contributed by atoms with Gasteiger partial charge in [-0.15, -0.1) is 0 Å². The fourth-order valence-corrected chi connectivity index (χ4v) is 9.98. The summed E-state index contributed by atoms with van der Waals surface area (Å²) in [5.74, 6) is 0. The molecule has 0 amide bonds. The summed E-state index contributed by atoms with van der Waals surface area (Å²) >= 11 is 0. The van der Waals surface area contributed by atoms with Gasteiger partial charge in [0.05, 0.1) is 5.69 Å². The molecule has 1 aromatic heterocycles. The molecular formula is C57H39NO. The Kier molecular flexibility index (Phi) is 7.31. The van der Waals surface area contributed by atoms with Crippen LogP contribution in [0.3, 0.4) is 0 Å². The molecule has 0 saturated heterocycles. The van der Waals surface area contributed by atoms with E-state index in [1.165, 1.54) is 71.4 Å². The molecule has 1 aliphatic rings. The average molecular weight is 754 g/mol. The fourth-order valence-electron chi connectivity index (χ4n) is 9.98. The van der Waals surface area contributed by atoms with Crippen LogP contribution in [0.2, 0.25) is 0 Å². The maximum absolute atomic E-state index is 6.96. The lowest BCUT2D eigenvalue weighted by Gasteiger charge is -2.26. The van der Waals surface area contributed by atoms with Crippen molar-refractivity contribution in [2.24, 2.45) is 0 Å². The second-order valence-electron chi connectivity index (χ2n) is 16.4. The van der Waals surface area contributed by atoms with E-state index in [9.17, 15) is 0 Å². The van der Waals surface area contributed by atoms with Gasteiger partial charge >= 0.3 is 0 Å². The number of anilines is 3. The Bertz CT molecular complexity index is 3460. The average Bonchev–Trinajstić information content (AvgIpc) is 3.80. The highest BCUT2D eigenvalue weighted by atomic mass is 16.3. The number of nitrogens with zero attached hydrogens (tertiary/aromatic N) is 1. The van der Waals surface area contributed by atoms with Gasteiger partial charge in [0.15, 0.2) is 5.58 Å². The van der Waals surface area contributed by atoms with Crippen molar-refractivity contribution in [3.63, 3.8) is 0 Å². The molecule has 1 heterocycles. The Morgan fingerprint density at radius 2 is 0.932 bits per heavy atom. The lowest BCUT2D eigenvalue weighted by atomic mass is 9.82. The van der Waals surface area contributed by atoms with Crippen LogP contribution >= 0.6 is 0 Å². The van der Waals surface area contributed by atoms with Crippen molar-refractivity contribution in [2.45, 2.75) is 19.3 Å². The molecule has 12 rings (SSSR count). The number of benzene rings is 10. The van der Waals surface area contributed by atoms with Crippen LogP contribution in [0, 0.1) is 0 Å².